The highest BCUT2D eigenvalue weighted by molar-refractivity contribution is 5.76. The summed E-state index contributed by atoms with van der Waals surface area (Å²) in [5.74, 6) is 1.06. The molecule has 0 aliphatic carbocycles. The topological polar surface area (TPSA) is 191 Å². The van der Waals surface area contributed by atoms with E-state index in [2.05, 4.69) is 29.1 Å². The van der Waals surface area contributed by atoms with Crippen molar-refractivity contribution in [2.24, 2.45) is 44.6 Å². The summed E-state index contributed by atoms with van der Waals surface area (Å²) in [6.07, 6.45) is 9.13. The van der Waals surface area contributed by atoms with Crippen molar-refractivity contribution < 1.29 is 0 Å². The van der Waals surface area contributed by atoms with Crippen molar-refractivity contribution in [3.05, 3.63) is 0 Å². The Morgan fingerprint density at radius 3 is 2.00 bits per heavy atom. The molecule has 0 amide bonds. The van der Waals surface area contributed by atoms with Crippen LogP contribution in [0.15, 0.2) is 9.98 Å². The Bertz CT molecular complexity index is 386. The van der Waals surface area contributed by atoms with Crippen LogP contribution in [0.3, 0.4) is 0 Å². The van der Waals surface area contributed by atoms with Gasteiger partial charge >= 0.3 is 0 Å². The Morgan fingerprint density at radius 1 is 0.885 bits per heavy atom. The third kappa shape index (κ3) is 24.1. The zero-order chi connectivity index (χ0) is 20.2. The third-order valence-corrected chi connectivity index (χ3v) is 3.77. The fraction of sp³-hybridized carbons (Fsp3) is 0.824. The number of hydrogen-bond donors (Lipinski definition) is 7. The maximum absolute atomic E-state index is 6.91. The van der Waals surface area contributed by atoms with Crippen molar-refractivity contribution in [1.82, 2.24) is 5.32 Å². The highest BCUT2D eigenvalue weighted by atomic mass is 15.0. The number of nitrogens with one attached hydrogen (secondary N) is 2. The highest BCUT2D eigenvalue weighted by Gasteiger charge is 2.03. The van der Waals surface area contributed by atoms with Gasteiger partial charge in [0.15, 0.2) is 17.9 Å². The molecule has 1 unspecified atom stereocenters. The molecule has 0 aliphatic heterocycles. The van der Waals surface area contributed by atoms with Crippen LogP contribution in [0.1, 0.15) is 65.2 Å². The van der Waals surface area contributed by atoms with Crippen LogP contribution in [0, 0.1) is 11.3 Å². The fourth-order valence-electron chi connectivity index (χ4n) is 2.17. The molecule has 0 aromatic heterocycles. The van der Waals surface area contributed by atoms with E-state index in [0.717, 1.165) is 45.2 Å². The van der Waals surface area contributed by atoms with Gasteiger partial charge in [-0.1, -0.05) is 46.0 Å². The molecule has 0 aromatic rings. The molecule has 1 atom stereocenters. The van der Waals surface area contributed by atoms with Gasteiger partial charge in [-0.2, -0.15) is 0 Å². The number of nitrogens with two attached hydrogens (primary N) is 5. The van der Waals surface area contributed by atoms with E-state index in [0.29, 0.717) is 12.5 Å². The molecule has 0 bridgehead atoms. The van der Waals surface area contributed by atoms with Gasteiger partial charge in [0.1, 0.15) is 0 Å². The van der Waals surface area contributed by atoms with Crippen molar-refractivity contribution in [3.63, 3.8) is 0 Å². The van der Waals surface area contributed by atoms with E-state index < -0.39 is 0 Å². The standard InChI is InChI=1S/C9H21N3.C8H20N6/c1-3-5-6-8(4-2)7-12-9(10)11;9-7(10)13-5-3-1-2-4-6-14-8(11)12/h8H,3-7H2,1-2H3,(H4,10,11,12);1-6H2,(H4,9,10,13)(H4,11,12,14). The lowest BCUT2D eigenvalue weighted by Crippen LogP contribution is -2.30. The lowest BCUT2D eigenvalue weighted by molar-refractivity contribution is 0.462. The smallest absolute Gasteiger partial charge is 0.185 e. The first-order chi connectivity index (χ1) is 12.3. The Balaban J connectivity index is 0. The minimum Gasteiger partial charge on any atom is -0.370 e. The molecule has 0 saturated heterocycles. The highest BCUT2D eigenvalue weighted by Crippen LogP contribution is 2.12. The van der Waals surface area contributed by atoms with Gasteiger partial charge < -0.3 is 34.0 Å². The largest absolute Gasteiger partial charge is 0.370 e. The molecule has 0 spiro atoms. The van der Waals surface area contributed by atoms with Gasteiger partial charge in [0.25, 0.3) is 0 Å². The van der Waals surface area contributed by atoms with E-state index >= 15 is 0 Å². The normalized spacial score (nSPS) is 10.8. The summed E-state index contributed by atoms with van der Waals surface area (Å²) in [4.78, 5) is 7.89. The van der Waals surface area contributed by atoms with Gasteiger partial charge in [-0.3, -0.25) is 15.4 Å². The van der Waals surface area contributed by atoms with Crippen molar-refractivity contribution in [3.8, 4) is 0 Å². The van der Waals surface area contributed by atoms with Gasteiger partial charge in [-0.25, -0.2) is 0 Å². The van der Waals surface area contributed by atoms with Crippen LogP contribution in [0.2, 0.25) is 0 Å². The number of nitrogens with zero attached hydrogens (tertiary/aromatic N) is 2. The molecule has 0 heterocycles. The van der Waals surface area contributed by atoms with Crippen LogP contribution in [0.4, 0.5) is 0 Å². The van der Waals surface area contributed by atoms with E-state index in [4.69, 9.17) is 34.1 Å². The molecule has 0 aromatic carbocycles. The summed E-state index contributed by atoms with van der Waals surface area (Å²) < 4.78 is 0. The van der Waals surface area contributed by atoms with Crippen LogP contribution in [-0.4, -0.2) is 37.5 Å². The van der Waals surface area contributed by atoms with E-state index in [1.807, 2.05) is 0 Å². The van der Waals surface area contributed by atoms with Crippen molar-refractivity contribution in [1.29, 1.82) is 5.41 Å². The molecular weight excluding hydrogens is 330 g/mol. The number of unbranched alkanes of at least 4 members (excludes halogenated alkanes) is 4. The Labute approximate surface area is 158 Å². The lowest BCUT2D eigenvalue weighted by atomic mass is 10.00. The van der Waals surface area contributed by atoms with Crippen LogP contribution in [0.5, 0.6) is 0 Å². The maximum atomic E-state index is 6.91. The van der Waals surface area contributed by atoms with Crippen LogP contribution < -0.4 is 34.0 Å². The monoisotopic (exact) mass is 371 g/mol. The van der Waals surface area contributed by atoms with Crippen LogP contribution in [0.25, 0.3) is 0 Å². The molecule has 0 fully saturated rings. The summed E-state index contributed by atoms with van der Waals surface area (Å²) in [7, 11) is 0. The Morgan fingerprint density at radius 2 is 1.50 bits per heavy atom. The van der Waals surface area contributed by atoms with Crippen LogP contribution in [-0.2, 0) is 0 Å². The summed E-state index contributed by atoms with van der Waals surface area (Å²) in [6, 6.07) is 0. The van der Waals surface area contributed by atoms with E-state index in [1.54, 1.807) is 0 Å². The van der Waals surface area contributed by atoms with E-state index in [1.165, 1.54) is 19.3 Å². The molecule has 0 aliphatic rings. The minimum absolute atomic E-state index is 0.0329. The molecule has 0 rings (SSSR count). The van der Waals surface area contributed by atoms with Crippen molar-refractivity contribution in [2.45, 2.75) is 65.2 Å². The second-order valence-corrected chi connectivity index (χ2v) is 6.24. The molecule has 0 radical (unpaired) electrons. The Hall–Kier alpha value is -2.19. The molecule has 0 saturated carbocycles. The lowest BCUT2D eigenvalue weighted by Gasteiger charge is -2.10. The van der Waals surface area contributed by atoms with Gasteiger partial charge in [-0.05, 0) is 25.2 Å². The summed E-state index contributed by atoms with van der Waals surface area (Å²) in [6.45, 7) is 6.63. The molecule has 9 heteroatoms. The molecule has 26 heavy (non-hydrogen) atoms. The van der Waals surface area contributed by atoms with Gasteiger partial charge in [0.05, 0.1) is 0 Å². The molecule has 154 valence electrons. The molecular formula is C17H41N9. The van der Waals surface area contributed by atoms with E-state index in [-0.39, 0.29) is 17.9 Å². The Kier molecular flexibility index (Phi) is 19.2. The quantitative estimate of drug-likeness (QED) is 0.142. The minimum atomic E-state index is 0.0329. The first-order valence-corrected chi connectivity index (χ1v) is 9.52. The second-order valence-electron chi connectivity index (χ2n) is 6.24. The SMILES string of the molecule is CCCCC(CC)CN=C(N)N.N=C(N)NCCCCCCN=C(N)N. The second kappa shape index (κ2) is 19.1. The first kappa shape index (κ1) is 26.0. The third-order valence-electron chi connectivity index (χ3n) is 3.77. The number of guanidine groups is 3. The summed E-state index contributed by atoms with van der Waals surface area (Å²) in [5.41, 5.74) is 26.0. The zero-order valence-corrected chi connectivity index (χ0v) is 16.6. The van der Waals surface area contributed by atoms with Gasteiger partial charge in [0.2, 0.25) is 0 Å². The number of rotatable bonds is 13. The maximum Gasteiger partial charge on any atom is 0.185 e. The van der Waals surface area contributed by atoms with Crippen molar-refractivity contribution in [2.75, 3.05) is 19.6 Å². The number of hydrogen-bond acceptors (Lipinski definition) is 3. The predicted octanol–water partition coefficient (Wildman–Crippen LogP) is 0.779. The zero-order valence-electron chi connectivity index (χ0n) is 16.6. The van der Waals surface area contributed by atoms with Gasteiger partial charge in [0, 0.05) is 19.6 Å². The van der Waals surface area contributed by atoms with E-state index in [9.17, 15) is 0 Å². The summed E-state index contributed by atoms with van der Waals surface area (Å²) >= 11 is 0. The fourth-order valence-corrected chi connectivity index (χ4v) is 2.17. The first-order valence-electron chi connectivity index (χ1n) is 9.52. The predicted molar refractivity (Wildman–Crippen MR) is 113 cm³/mol. The van der Waals surface area contributed by atoms with Gasteiger partial charge in [-0.15, -0.1) is 0 Å². The molecule has 12 N–H and O–H groups in total. The van der Waals surface area contributed by atoms with Crippen LogP contribution >= 0.6 is 0 Å². The summed E-state index contributed by atoms with van der Waals surface area (Å²) in [5, 5.41) is 9.66. The number of aliphatic imine (C=N–C) groups is 2. The average Bonchev–Trinajstić information content (AvgIpc) is 2.57. The average molecular weight is 372 g/mol. The molecule has 9 nitrogen and oxygen atoms in total. The van der Waals surface area contributed by atoms with Crippen molar-refractivity contribution >= 4 is 17.9 Å².